The van der Waals surface area contributed by atoms with Gasteiger partial charge in [0.05, 0.1) is 89.5 Å². The van der Waals surface area contributed by atoms with E-state index in [9.17, 15) is 16.8 Å². The Hall–Kier alpha value is -0.943. The molecule has 18 heteroatoms. The summed E-state index contributed by atoms with van der Waals surface area (Å²) in [5.41, 5.74) is 10.9. The Labute approximate surface area is 503 Å². The molecule has 76 heavy (non-hydrogen) atoms. The van der Waals surface area contributed by atoms with Crippen molar-refractivity contribution < 1.29 is 76.5 Å². The Kier molecular flexibility index (Phi) is 40.9. The molecule has 0 aromatic heterocycles. The molecule has 0 spiro atoms. The first-order valence-electron chi connectivity index (χ1n) is 25.9. The summed E-state index contributed by atoms with van der Waals surface area (Å²) in [6, 6.07) is 40.5. The van der Waals surface area contributed by atoms with E-state index in [4.69, 9.17) is 17.5 Å². The second-order valence-corrected chi connectivity index (χ2v) is 40.7. The number of hydrogen-bond donors (Lipinski definition) is 0. The predicted octanol–water partition coefficient (Wildman–Crippen LogP) is 15.9. The number of sulfone groups is 2. The van der Waals surface area contributed by atoms with Crippen molar-refractivity contribution in [3.8, 4) is 22.3 Å². The van der Waals surface area contributed by atoms with Crippen LogP contribution >= 0.6 is 31.7 Å². The van der Waals surface area contributed by atoms with E-state index in [-0.39, 0.29) is 73.8 Å². The molecule has 0 unspecified atom stereocenters. The van der Waals surface area contributed by atoms with Gasteiger partial charge in [0.1, 0.15) is 0 Å². The van der Waals surface area contributed by atoms with Crippen molar-refractivity contribution in [2.45, 2.75) is 176 Å². The summed E-state index contributed by atoms with van der Waals surface area (Å²) in [7, 11) is -6.99. The quantitative estimate of drug-likeness (QED) is 0.0594. The van der Waals surface area contributed by atoms with Crippen molar-refractivity contribution in [2.24, 2.45) is 0 Å². The Morgan fingerprint density at radius 1 is 0.316 bits per heavy atom. The summed E-state index contributed by atoms with van der Waals surface area (Å²) < 4.78 is 81.5. The maximum Gasteiger partial charge on any atom is 0.460 e. The summed E-state index contributed by atoms with van der Waals surface area (Å²) in [5.74, 6) is 0. The van der Waals surface area contributed by atoms with Gasteiger partial charge in [0.25, 0.3) is 0 Å². The largest absolute Gasteiger partial charge is 0.498 e. The van der Waals surface area contributed by atoms with Gasteiger partial charge in [-0.1, -0.05) is 109 Å². The molecular weight excluding hydrogens is 1470 g/mol. The zero-order valence-corrected chi connectivity index (χ0v) is 59.5. The topological polar surface area (TPSA) is 149 Å². The van der Waals surface area contributed by atoms with E-state index in [1.165, 1.54) is 0 Å². The average molecular weight is 1560 g/mol. The molecule has 0 fully saturated rings. The van der Waals surface area contributed by atoms with Crippen LogP contribution in [-0.2, 0) is 94.1 Å². The van der Waals surface area contributed by atoms with Crippen LogP contribution in [0.4, 0.5) is 0 Å². The maximum absolute atomic E-state index is 12.1. The molecule has 2 heterocycles. The van der Waals surface area contributed by atoms with Crippen molar-refractivity contribution in [1.29, 1.82) is 0 Å². The number of benzene rings is 5. The molecule has 2 aliphatic rings. The summed E-state index contributed by atoms with van der Waals surface area (Å²) in [5, 5.41) is 0. The van der Waals surface area contributed by atoms with Crippen molar-refractivity contribution in [1.82, 2.24) is 0 Å². The van der Waals surface area contributed by atoms with Crippen molar-refractivity contribution in [3.05, 3.63) is 133 Å². The second-order valence-electron chi connectivity index (χ2n) is 20.8. The SMILES string of the molecule is CC(C)[PH+](CC[PH+](C(C)C)C(C)C)C(C)C.CC(C)[PH+](CC[PH+](C(C)C)C(C)C)C(C)C.O=S1(=O)c2ccccc2-c2ccccc21.O=S1(=O)c2ccccc2-c2ccccc21.O=[S+][O-].O=[S+][O-].[Pt].[Pt].c1ccccc1. The van der Waals surface area contributed by atoms with Gasteiger partial charge in [0.2, 0.25) is 19.7 Å². The Bertz CT molecular complexity index is 2240. The summed E-state index contributed by atoms with van der Waals surface area (Å²) in [6.45, 7) is 39.0. The first-order chi connectivity index (χ1) is 34.8. The van der Waals surface area contributed by atoms with E-state index in [2.05, 4.69) is 111 Å². The van der Waals surface area contributed by atoms with Gasteiger partial charge in [-0.15, -0.1) is 0 Å². The van der Waals surface area contributed by atoms with E-state index in [1.807, 2.05) is 84.9 Å². The number of fused-ring (bicyclic) bond motifs is 6. The van der Waals surface area contributed by atoms with Gasteiger partial charge in [0.15, 0.2) is 0 Å². The molecule has 0 aliphatic carbocycles. The van der Waals surface area contributed by atoms with Crippen LogP contribution in [0.25, 0.3) is 22.3 Å². The summed E-state index contributed by atoms with van der Waals surface area (Å²) >= 11 is -1.50. The fourth-order valence-corrected chi connectivity index (χ4v) is 27.8. The number of rotatable bonds is 14. The van der Waals surface area contributed by atoms with Gasteiger partial charge in [-0.05, 0) is 135 Å². The average Bonchev–Trinajstić information content (AvgIpc) is 3.72. The molecule has 430 valence electrons. The van der Waals surface area contributed by atoms with Crippen LogP contribution in [0.15, 0.2) is 153 Å². The van der Waals surface area contributed by atoms with Gasteiger partial charge in [-0.2, -0.15) is 0 Å². The molecule has 0 amide bonds. The standard InChI is InChI=1S/2C14H32P2.2C12H8O2S.C6H6.2O2S.2Pt/c2*1-11(2)15(12(3)4)9-10-16(13(5)6)14(7)8;2*13-15(14)11-7-3-1-5-9(11)10-6-2-4-8-12(10)15;1-2-4-6-5-3-1;2*1-3-2;;/h2*11-14H,9-10H2,1-8H3;2*1-8H;1-6H;;;;/p+4. The Balaban J connectivity index is 0. The maximum atomic E-state index is 12.1. The zero-order chi connectivity index (χ0) is 56.3. The second kappa shape index (κ2) is 40.3. The fraction of sp³-hybridized carbons (Fsp3) is 0.483. The first-order valence-corrected chi connectivity index (χ1v) is 37.7. The molecule has 0 atom stereocenters. The van der Waals surface area contributed by atoms with Crippen LogP contribution in [0, 0.1) is 0 Å². The minimum atomic E-state index is -3.26. The summed E-state index contributed by atoms with van der Waals surface area (Å²) in [6.07, 6.45) is 6.24. The molecule has 5 aromatic carbocycles. The van der Waals surface area contributed by atoms with E-state index < -0.39 is 43.6 Å². The zero-order valence-electron chi connectivity index (χ0n) is 47.7. The molecule has 0 bridgehead atoms. The minimum Gasteiger partial charge on any atom is -0.498 e. The normalized spacial score (nSPS) is 12.7. The molecule has 2 aliphatic heterocycles. The van der Waals surface area contributed by atoms with Crippen molar-refractivity contribution in [2.75, 3.05) is 24.6 Å². The van der Waals surface area contributed by atoms with Crippen LogP contribution in [0.3, 0.4) is 0 Å². The predicted molar refractivity (Wildman–Crippen MR) is 333 cm³/mol. The van der Waals surface area contributed by atoms with Gasteiger partial charge < -0.3 is 9.11 Å². The first kappa shape index (κ1) is 77.1. The third-order valence-electron chi connectivity index (χ3n) is 13.3. The van der Waals surface area contributed by atoms with E-state index in [0.717, 1.165) is 67.5 Å². The molecule has 5 aromatic rings. The van der Waals surface area contributed by atoms with Gasteiger partial charge in [0, 0.05) is 104 Å². The van der Waals surface area contributed by atoms with Crippen molar-refractivity contribution in [3.63, 3.8) is 0 Å². The van der Waals surface area contributed by atoms with Crippen LogP contribution in [0.2, 0.25) is 0 Å². The number of hydrogen-bond acceptors (Lipinski definition) is 8. The molecule has 8 nitrogen and oxygen atoms in total. The molecule has 7 rings (SSSR count). The molecule has 0 saturated heterocycles. The third kappa shape index (κ3) is 25.0. The van der Waals surface area contributed by atoms with Gasteiger partial charge in [-0.3, -0.25) is 0 Å². The molecule has 0 saturated carbocycles. The molecule has 0 N–H and O–H groups in total. The van der Waals surface area contributed by atoms with Crippen LogP contribution in [0.1, 0.15) is 111 Å². The van der Waals surface area contributed by atoms with Crippen LogP contribution < -0.4 is 0 Å². The van der Waals surface area contributed by atoms with Crippen LogP contribution in [0.5, 0.6) is 0 Å². The monoisotopic (exact) mass is 1560 g/mol. The van der Waals surface area contributed by atoms with E-state index in [0.29, 0.717) is 19.6 Å². The Morgan fingerprint density at radius 3 is 0.579 bits per heavy atom. The van der Waals surface area contributed by atoms with E-state index >= 15 is 0 Å². The smallest absolute Gasteiger partial charge is 0.460 e. The van der Waals surface area contributed by atoms with Gasteiger partial charge in [-0.25, -0.2) is 16.8 Å². The van der Waals surface area contributed by atoms with Crippen LogP contribution in [-0.4, -0.2) is 95.9 Å². The van der Waals surface area contributed by atoms with Gasteiger partial charge >= 0.3 is 23.9 Å². The minimum absolute atomic E-state index is 0. The van der Waals surface area contributed by atoms with E-state index in [1.54, 1.807) is 73.2 Å². The molecular formula is C58H90O8P4Pt2S4+4. The Morgan fingerprint density at radius 2 is 0.447 bits per heavy atom. The summed E-state index contributed by atoms with van der Waals surface area (Å²) in [4.78, 5) is 1.69. The molecule has 0 radical (unpaired) electrons. The van der Waals surface area contributed by atoms with Crippen molar-refractivity contribution >= 4 is 75.3 Å². The third-order valence-corrected chi connectivity index (χ3v) is 33.2. The fourth-order valence-electron chi connectivity index (χ4n) is 9.87.